The third-order valence-corrected chi connectivity index (χ3v) is 5.39. The quantitative estimate of drug-likeness (QED) is 0.846. The lowest BCUT2D eigenvalue weighted by atomic mass is 10.2. The SMILES string of the molecule is CC(C1CC1)N(C)S(=O)(=O)c1ccc(F)c(F)c1. The molecule has 2 rings (SSSR count). The molecule has 18 heavy (non-hydrogen) atoms. The van der Waals surface area contributed by atoms with E-state index in [1.54, 1.807) is 0 Å². The van der Waals surface area contributed by atoms with Crippen molar-refractivity contribution in [2.45, 2.75) is 30.7 Å². The Kier molecular flexibility index (Phi) is 3.42. The van der Waals surface area contributed by atoms with Crippen molar-refractivity contribution in [3.63, 3.8) is 0 Å². The van der Waals surface area contributed by atoms with Gasteiger partial charge in [-0.25, -0.2) is 17.2 Å². The van der Waals surface area contributed by atoms with E-state index in [0.29, 0.717) is 5.92 Å². The van der Waals surface area contributed by atoms with E-state index in [1.165, 1.54) is 11.4 Å². The molecule has 0 amide bonds. The maximum absolute atomic E-state index is 13.1. The van der Waals surface area contributed by atoms with Crippen LogP contribution >= 0.6 is 0 Å². The first-order chi connectivity index (χ1) is 8.34. The zero-order valence-corrected chi connectivity index (χ0v) is 11.0. The second-order valence-electron chi connectivity index (χ2n) is 4.68. The normalized spacial score (nSPS) is 18.1. The second kappa shape index (κ2) is 4.59. The number of rotatable bonds is 4. The van der Waals surface area contributed by atoms with E-state index in [9.17, 15) is 17.2 Å². The van der Waals surface area contributed by atoms with Crippen LogP contribution in [0.2, 0.25) is 0 Å². The van der Waals surface area contributed by atoms with E-state index >= 15 is 0 Å². The molecule has 0 bridgehead atoms. The number of hydrogen-bond acceptors (Lipinski definition) is 2. The van der Waals surface area contributed by atoms with Crippen LogP contribution in [0.3, 0.4) is 0 Å². The van der Waals surface area contributed by atoms with Gasteiger partial charge in [0.25, 0.3) is 0 Å². The summed E-state index contributed by atoms with van der Waals surface area (Å²) < 4.78 is 51.5. The van der Waals surface area contributed by atoms with Gasteiger partial charge >= 0.3 is 0 Å². The molecule has 1 aromatic rings. The molecule has 3 nitrogen and oxygen atoms in total. The molecule has 0 saturated heterocycles. The monoisotopic (exact) mass is 275 g/mol. The van der Waals surface area contributed by atoms with Crippen molar-refractivity contribution in [3.8, 4) is 0 Å². The van der Waals surface area contributed by atoms with Gasteiger partial charge in [0.2, 0.25) is 10.0 Å². The Morgan fingerprint density at radius 1 is 1.28 bits per heavy atom. The molecule has 1 fully saturated rings. The minimum absolute atomic E-state index is 0.122. The fourth-order valence-electron chi connectivity index (χ4n) is 1.90. The van der Waals surface area contributed by atoms with Crippen LogP contribution in [0.4, 0.5) is 8.78 Å². The summed E-state index contributed by atoms with van der Waals surface area (Å²) in [6.45, 7) is 1.83. The summed E-state index contributed by atoms with van der Waals surface area (Å²) in [7, 11) is -2.28. The lowest BCUT2D eigenvalue weighted by Crippen LogP contribution is -2.36. The highest BCUT2D eigenvalue weighted by atomic mass is 32.2. The Morgan fingerprint density at radius 3 is 2.39 bits per heavy atom. The van der Waals surface area contributed by atoms with Crippen molar-refractivity contribution in [2.75, 3.05) is 7.05 Å². The summed E-state index contributed by atoms with van der Waals surface area (Å²) in [5.41, 5.74) is 0. The summed E-state index contributed by atoms with van der Waals surface area (Å²) in [6, 6.07) is 2.52. The Bertz CT molecular complexity index is 555. The summed E-state index contributed by atoms with van der Waals surface area (Å²) >= 11 is 0. The first-order valence-electron chi connectivity index (χ1n) is 5.77. The van der Waals surface area contributed by atoms with E-state index in [2.05, 4.69) is 0 Å². The first-order valence-corrected chi connectivity index (χ1v) is 7.21. The van der Waals surface area contributed by atoms with Crippen LogP contribution in [0.25, 0.3) is 0 Å². The standard InChI is InChI=1S/C12H15F2NO2S/c1-8(9-3-4-9)15(2)18(16,17)10-5-6-11(13)12(14)7-10/h5-9H,3-4H2,1-2H3. The lowest BCUT2D eigenvalue weighted by molar-refractivity contribution is 0.356. The van der Waals surface area contributed by atoms with E-state index in [0.717, 1.165) is 31.0 Å². The van der Waals surface area contributed by atoms with E-state index in [4.69, 9.17) is 0 Å². The molecule has 1 atom stereocenters. The van der Waals surface area contributed by atoms with Crippen molar-refractivity contribution >= 4 is 10.0 Å². The fraction of sp³-hybridized carbons (Fsp3) is 0.500. The molecule has 0 spiro atoms. The summed E-state index contributed by atoms with van der Waals surface area (Å²) in [5, 5.41) is 0. The molecule has 0 radical (unpaired) electrons. The maximum atomic E-state index is 13.1. The number of benzene rings is 1. The highest BCUT2D eigenvalue weighted by Gasteiger charge is 2.36. The highest BCUT2D eigenvalue weighted by molar-refractivity contribution is 7.89. The van der Waals surface area contributed by atoms with E-state index < -0.39 is 21.7 Å². The van der Waals surface area contributed by atoms with Crippen LogP contribution in [-0.2, 0) is 10.0 Å². The van der Waals surface area contributed by atoms with Crippen LogP contribution in [0, 0.1) is 17.6 Å². The zero-order valence-electron chi connectivity index (χ0n) is 10.2. The third-order valence-electron chi connectivity index (χ3n) is 3.45. The van der Waals surface area contributed by atoms with Crippen molar-refractivity contribution in [1.29, 1.82) is 0 Å². The van der Waals surface area contributed by atoms with Gasteiger partial charge in [-0.2, -0.15) is 4.31 Å². The van der Waals surface area contributed by atoms with Crippen molar-refractivity contribution in [3.05, 3.63) is 29.8 Å². The number of hydrogen-bond donors (Lipinski definition) is 0. The topological polar surface area (TPSA) is 37.4 Å². The van der Waals surface area contributed by atoms with Gasteiger partial charge < -0.3 is 0 Å². The minimum atomic E-state index is -3.76. The van der Waals surface area contributed by atoms with Gasteiger partial charge in [-0.3, -0.25) is 0 Å². The highest BCUT2D eigenvalue weighted by Crippen LogP contribution is 2.36. The van der Waals surface area contributed by atoms with Crippen molar-refractivity contribution < 1.29 is 17.2 Å². The zero-order chi connectivity index (χ0) is 13.5. The average molecular weight is 275 g/mol. The molecule has 1 saturated carbocycles. The molecule has 0 N–H and O–H groups in total. The lowest BCUT2D eigenvalue weighted by Gasteiger charge is -2.24. The molecule has 0 aliphatic heterocycles. The maximum Gasteiger partial charge on any atom is 0.243 e. The predicted octanol–water partition coefficient (Wildman–Crippen LogP) is 2.38. The van der Waals surface area contributed by atoms with Crippen LogP contribution in [0.5, 0.6) is 0 Å². The molecule has 0 aromatic heterocycles. The minimum Gasteiger partial charge on any atom is -0.207 e. The van der Waals surface area contributed by atoms with Gasteiger partial charge in [-0.1, -0.05) is 0 Å². The van der Waals surface area contributed by atoms with Crippen molar-refractivity contribution in [2.24, 2.45) is 5.92 Å². The molecule has 100 valence electrons. The van der Waals surface area contributed by atoms with Crippen LogP contribution in [-0.4, -0.2) is 25.8 Å². The van der Waals surface area contributed by atoms with Gasteiger partial charge in [0, 0.05) is 13.1 Å². The third kappa shape index (κ3) is 2.40. The first kappa shape index (κ1) is 13.4. The number of halogens is 2. The van der Waals surface area contributed by atoms with Gasteiger partial charge in [0.05, 0.1) is 4.90 Å². The largest absolute Gasteiger partial charge is 0.243 e. The smallest absolute Gasteiger partial charge is 0.207 e. The molecule has 6 heteroatoms. The molecule has 1 aromatic carbocycles. The van der Waals surface area contributed by atoms with Crippen LogP contribution in [0.1, 0.15) is 19.8 Å². The predicted molar refractivity (Wildman–Crippen MR) is 63.5 cm³/mol. The van der Waals surface area contributed by atoms with E-state index in [1.807, 2.05) is 6.92 Å². The van der Waals surface area contributed by atoms with Crippen LogP contribution < -0.4 is 0 Å². The van der Waals surface area contributed by atoms with Gasteiger partial charge in [-0.15, -0.1) is 0 Å². The Hall–Kier alpha value is -1.01. The molecule has 1 aliphatic carbocycles. The second-order valence-corrected chi connectivity index (χ2v) is 6.67. The molecule has 0 heterocycles. The fourth-order valence-corrected chi connectivity index (χ4v) is 3.33. The molecule has 1 unspecified atom stereocenters. The Morgan fingerprint density at radius 2 is 1.89 bits per heavy atom. The number of sulfonamides is 1. The van der Waals surface area contributed by atoms with Gasteiger partial charge in [0.15, 0.2) is 11.6 Å². The van der Waals surface area contributed by atoms with Gasteiger partial charge in [0.1, 0.15) is 0 Å². The van der Waals surface area contributed by atoms with E-state index in [-0.39, 0.29) is 10.9 Å². The molecular formula is C12H15F2NO2S. The summed E-state index contributed by atoms with van der Waals surface area (Å²) in [4.78, 5) is -0.212. The average Bonchev–Trinajstić information content (AvgIpc) is 3.14. The summed E-state index contributed by atoms with van der Waals surface area (Å²) in [6.07, 6.45) is 2.03. The summed E-state index contributed by atoms with van der Waals surface area (Å²) in [5.74, 6) is -1.83. The van der Waals surface area contributed by atoms with Gasteiger partial charge in [-0.05, 0) is 43.9 Å². The van der Waals surface area contributed by atoms with Crippen molar-refractivity contribution in [1.82, 2.24) is 4.31 Å². The Balaban J connectivity index is 2.31. The Labute approximate surface area is 105 Å². The number of nitrogens with zero attached hydrogens (tertiary/aromatic N) is 1. The van der Waals surface area contributed by atoms with Crippen LogP contribution in [0.15, 0.2) is 23.1 Å². The molecule has 1 aliphatic rings. The molecular weight excluding hydrogens is 260 g/mol.